The fraction of sp³-hybridized carbons (Fsp3) is 0.421. The molecule has 2 unspecified atom stereocenters. The van der Waals surface area contributed by atoms with E-state index in [0.29, 0.717) is 12.1 Å². The van der Waals surface area contributed by atoms with Gasteiger partial charge in [0.25, 0.3) is 0 Å². The van der Waals surface area contributed by atoms with Crippen LogP contribution in [0.2, 0.25) is 0 Å². The molecule has 1 N–H and O–H groups in total. The lowest BCUT2D eigenvalue weighted by molar-refractivity contribution is 0.494. The van der Waals surface area contributed by atoms with Crippen LogP contribution in [0.15, 0.2) is 48.8 Å². The van der Waals surface area contributed by atoms with E-state index in [2.05, 4.69) is 67.5 Å². The molecule has 0 radical (unpaired) electrons. The van der Waals surface area contributed by atoms with Gasteiger partial charge in [0, 0.05) is 24.5 Å². The van der Waals surface area contributed by atoms with E-state index < -0.39 is 0 Å². The molecule has 2 aromatic rings. The van der Waals surface area contributed by atoms with E-state index in [1.807, 2.05) is 12.4 Å². The van der Waals surface area contributed by atoms with Crippen LogP contribution in [0.25, 0.3) is 0 Å². The molecule has 0 saturated heterocycles. The zero-order valence-electron chi connectivity index (χ0n) is 13.3. The molecular formula is C19H26N2. The molecule has 112 valence electrons. The van der Waals surface area contributed by atoms with Gasteiger partial charge in [-0.15, -0.1) is 0 Å². The first-order chi connectivity index (χ1) is 10.2. The predicted molar refractivity (Wildman–Crippen MR) is 89.3 cm³/mol. The topological polar surface area (TPSA) is 24.9 Å². The number of aryl methyl sites for hydroxylation is 1. The smallest absolute Gasteiger partial charge is 0.0298 e. The van der Waals surface area contributed by atoms with E-state index in [0.717, 1.165) is 0 Å². The Morgan fingerprint density at radius 1 is 0.905 bits per heavy atom. The molecule has 0 saturated carbocycles. The van der Waals surface area contributed by atoms with Crippen molar-refractivity contribution in [3.63, 3.8) is 0 Å². The molecule has 21 heavy (non-hydrogen) atoms. The molecule has 1 heterocycles. The molecule has 1 aromatic heterocycles. The summed E-state index contributed by atoms with van der Waals surface area (Å²) < 4.78 is 0. The van der Waals surface area contributed by atoms with Crippen molar-refractivity contribution in [1.29, 1.82) is 0 Å². The van der Waals surface area contributed by atoms with Gasteiger partial charge in [-0.1, -0.05) is 37.6 Å². The fourth-order valence-corrected chi connectivity index (χ4v) is 2.57. The van der Waals surface area contributed by atoms with Crippen LogP contribution >= 0.6 is 0 Å². The lowest BCUT2D eigenvalue weighted by atomic mass is 10.0. The lowest BCUT2D eigenvalue weighted by Gasteiger charge is -2.21. The molecule has 0 bridgehead atoms. The number of benzene rings is 1. The molecule has 0 aliphatic rings. The highest BCUT2D eigenvalue weighted by Gasteiger charge is 2.10. The summed E-state index contributed by atoms with van der Waals surface area (Å²) in [6, 6.07) is 13.8. The van der Waals surface area contributed by atoms with Crippen molar-refractivity contribution in [2.45, 2.75) is 52.1 Å². The number of rotatable bonds is 7. The molecule has 0 aliphatic heterocycles. The molecule has 2 rings (SSSR count). The second-order valence-electron chi connectivity index (χ2n) is 5.74. The Morgan fingerprint density at radius 2 is 1.48 bits per heavy atom. The van der Waals surface area contributed by atoms with Crippen molar-refractivity contribution in [2.75, 3.05) is 0 Å². The number of hydrogen-bond acceptors (Lipinski definition) is 2. The number of aromatic nitrogens is 1. The largest absolute Gasteiger partial charge is 0.304 e. The average molecular weight is 282 g/mol. The van der Waals surface area contributed by atoms with Crippen LogP contribution in [-0.4, -0.2) is 4.98 Å². The summed E-state index contributed by atoms with van der Waals surface area (Å²) in [5, 5.41) is 3.65. The first-order valence-electron chi connectivity index (χ1n) is 7.95. The number of unbranched alkanes of at least 4 members (excludes halogenated alkanes) is 1. The summed E-state index contributed by atoms with van der Waals surface area (Å²) in [6.45, 7) is 6.65. The molecule has 2 nitrogen and oxygen atoms in total. The van der Waals surface area contributed by atoms with E-state index >= 15 is 0 Å². The average Bonchev–Trinajstić information content (AvgIpc) is 2.54. The van der Waals surface area contributed by atoms with Crippen molar-refractivity contribution in [3.05, 3.63) is 65.5 Å². The summed E-state index contributed by atoms with van der Waals surface area (Å²) in [7, 11) is 0. The Bertz CT molecular complexity index is 519. The normalized spacial score (nSPS) is 13.9. The van der Waals surface area contributed by atoms with E-state index in [-0.39, 0.29) is 0 Å². The van der Waals surface area contributed by atoms with Crippen molar-refractivity contribution >= 4 is 0 Å². The zero-order valence-corrected chi connectivity index (χ0v) is 13.3. The zero-order chi connectivity index (χ0) is 15.1. The SMILES string of the molecule is CCCCc1ccc(C(C)NC(C)c2ccncc2)cc1. The predicted octanol–water partition coefficient (Wildman–Crippen LogP) is 4.84. The number of nitrogens with zero attached hydrogens (tertiary/aromatic N) is 1. The van der Waals surface area contributed by atoms with Gasteiger partial charge in [0.1, 0.15) is 0 Å². The van der Waals surface area contributed by atoms with Gasteiger partial charge in [0.15, 0.2) is 0 Å². The summed E-state index contributed by atoms with van der Waals surface area (Å²) in [5.41, 5.74) is 4.06. The Labute approximate surface area is 128 Å². The molecule has 0 aliphatic carbocycles. The molecular weight excluding hydrogens is 256 g/mol. The van der Waals surface area contributed by atoms with Gasteiger partial charge in [0.2, 0.25) is 0 Å². The summed E-state index contributed by atoms with van der Waals surface area (Å²) in [4.78, 5) is 4.07. The number of pyridine rings is 1. The second-order valence-corrected chi connectivity index (χ2v) is 5.74. The summed E-state index contributed by atoms with van der Waals surface area (Å²) in [6.07, 6.45) is 7.41. The second kappa shape index (κ2) is 7.94. The highest BCUT2D eigenvalue weighted by Crippen LogP contribution is 2.19. The molecule has 0 amide bonds. The summed E-state index contributed by atoms with van der Waals surface area (Å²) >= 11 is 0. The quantitative estimate of drug-likeness (QED) is 0.786. The van der Waals surface area contributed by atoms with Crippen LogP contribution in [0, 0.1) is 0 Å². The van der Waals surface area contributed by atoms with Crippen LogP contribution < -0.4 is 5.32 Å². The van der Waals surface area contributed by atoms with E-state index in [1.165, 1.54) is 36.0 Å². The highest BCUT2D eigenvalue weighted by atomic mass is 14.9. The third-order valence-electron chi connectivity index (χ3n) is 4.00. The van der Waals surface area contributed by atoms with E-state index in [4.69, 9.17) is 0 Å². The van der Waals surface area contributed by atoms with Gasteiger partial charge >= 0.3 is 0 Å². The highest BCUT2D eigenvalue weighted by molar-refractivity contribution is 5.25. The number of hydrogen-bond donors (Lipinski definition) is 1. The maximum atomic E-state index is 4.07. The molecule has 0 fully saturated rings. The van der Waals surface area contributed by atoms with Crippen molar-refractivity contribution in [1.82, 2.24) is 10.3 Å². The Balaban J connectivity index is 1.95. The molecule has 0 spiro atoms. The monoisotopic (exact) mass is 282 g/mol. The maximum absolute atomic E-state index is 4.07. The molecule has 2 heteroatoms. The summed E-state index contributed by atoms with van der Waals surface area (Å²) in [5.74, 6) is 0. The standard InChI is InChI=1S/C19H26N2/c1-4-5-6-17-7-9-18(10-8-17)15(2)21-16(3)19-11-13-20-14-12-19/h7-16,21H,4-6H2,1-3H3. The Kier molecular flexibility index (Phi) is 5.94. The first kappa shape index (κ1) is 15.7. The van der Waals surface area contributed by atoms with Crippen LogP contribution in [0.3, 0.4) is 0 Å². The van der Waals surface area contributed by atoms with Gasteiger partial charge in [-0.05, 0) is 55.5 Å². The van der Waals surface area contributed by atoms with Gasteiger partial charge in [-0.2, -0.15) is 0 Å². The maximum Gasteiger partial charge on any atom is 0.0298 e. The van der Waals surface area contributed by atoms with Gasteiger partial charge in [0.05, 0.1) is 0 Å². The van der Waals surface area contributed by atoms with E-state index in [1.54, 1.807) is 0 Å². The third kappa shape index (κ3) is 4.68. The minimum atomic E-state index is 0.322. The number of nitrogens with one attached hydrogen (secondary N) is 1. The van der Waals surface area contributed by atoms with Crippen LogP contribution in [0.4, 0.5) is 0 Å². The van der Waals surface area contributed by atoms with Crippen molar-refractivity contribution < 1.29 is 0 Å². The molecule has 1 aromatic carbocycles. The fourth-order valence-electron chi connectivity index (χ4n) is 2.57. The Morgan fingerprint density at radius 3 is 2.05 bits per heavy atom. The minimum Gasteiger partial charge on any atom is -0.304 e. The third-order valence-corrected chi connectivity index (χ3v) is 4.00. The van der Waals surface area contributed by atoms with Gasteiger partial charge in [-0.3, -0.25) is 4.98 Å². The first-order valence-corrected chi connectivity index (χ1v) is 7.95. The van der Waals surface area contributed by atoms with Gasteiger partial charge < -0.3 is 5.32 Å². The van der Waals surface area contributed by atoms with Crippen LogP contribution in [-0.2, 0) is 6.42 Å². The lowest BCUT2D eigenvalue weighted by Crippen LogP contribution is -2.22. The van der Waals surface area contributed by atoms with Crippen LogP contribution in [0.1, 0.15) is 62.4 Å². The molecule has 2 atom stereocenters. The van der Waals surface area contributed by atoms with Crippen molar-refractivity contribution in [2.24, 2.45) is 0 Å². The minimum absolute atomic E-state index is 0.322. The van der Waals surface area contributed by atoms with E-state index in [9.17, 15) is 0 Å². The van der Waals surface area contributed by atoms with Crippen LogP contribution in [0.5, 0.6) is 0 Å². The van der Waals surface area contributed by atoms with Crippen molar-refractivity contribution in [3.8, 4) is 0 Å². The van der Waals surface area contributed by atoms with Gasteiger partial charge in [-0.25, -0.2) is 0 Å². The Hall–Kier alpha value is -1.67.